The Bertz CT molecular complexity index is 350. The smallest absolute Gasteiger partial charge is 0.0693 e. The van der Waals surface area contributed by atoms with Gasteiger partial charge in [0.15, 0.2) is 0 Å². The zero-order valence-corrected chi connectivity index (χ0v) is 8.41. The first kappa shape index (κ1) is 8.49. The van der Waals surface area contributed by atoms with Gasteiger partial charge in [-0.2, -0.15) is 0 Å². The Balaban J connectivity index is 2.49. The molecule has 0 fully saturated rings. The summed E-state index contributed by atoms with van der Waals surface area (Å²) in [7, 11) is 0. The van der Waals surface area contributed by atoms with Gasteiger partial charge in [-0.05, 0) is 24.0 Å². The number of fused-ring (bicyclic) bond motifs is 1. The van der Waals surface area contributed by atoms with Crippen molar-refractivity contribution in [2.24, 2.45) is 10.9 Å². The molecular formula is C12H15N. The van der Waals surface area contributed by atoms with Crippen LogP contribution < -0.4 is 0 Å². The maximum atomic E-state index is 4.48. The van der Waals surface area contributed by atoms with Gasteiger partial charge in [0.1, 0.15) is 0 Å². The summed E-state index contributed by atoms with van der Waals surface area (Å²) in [5.74, 6) is 1.17. The summed E-state index contributed by atoms with van der Waals surface area (Å²) in [4.78, 5) is 4.48. The van der Waals surface area contributed by atoms with Crippen LogP contribution in [0.2, 0.25) is 0 Å². The first-order chi connectivity index (χ1) is 6.20. The Labute approximate surface area is 79.5 Å². The number of hydrogen-bond acceptors (Lipinski definition) is 1. The van der Waals surface area contributed by atoms with Gasteiger partial charge in [0.25, 0.3) is 0 Å². The Hall–Kier alpha value is -1.11. The lowest BCUT2D eigenvalue weighted by Gasteiger charge is -2.13. The molecule has 68 valence electrons. The highest BCUT2D eigenvalue weighted by molar-refractivity contribution is 5.82. The van der Waals surface area contributed by atoms with Crippen molar-refractivity contribution in [1.82, 2.24) is 0 Å². The van der Waals surface area contributed by atoms with Gasteiger partial charge in [-0.3, -0.25) is 4.99 Å². The van der Waals surface area contributed by atoms with Crippen molar-refractivity contribution < 1.29 is 0 Å². The van der Waals surface area contributed by atoms with Crippen molar-refractivity contribution in [3.8, 4) is 0 Å². The van der Waals surface area contributed by atoms with Crippen LogP contribution in [0.5, 0.6) is 0 Å². The van der Waals surface area contributed by atoms with Crippen LogP contribution in [0.4, 0.5) is 5.69 Å². The van der Waals surface area contributed by atoms with Gasteiger partial charge in [-0.15, -0.1) is 0 Å². The quantitative estimate of drug-likeness (QED) is 0.616. The minimum atomic E-state index is 0.523. The van der Waals surface area contributed by atoms with Crippen LogP contribution in [-0.4, -0.2) is 6.21 Å². The van der Waals surface area contributed by atoms with Gasteiger partial charge in [0.2, 0.25) is 0 Å². The summed E-state index contributed by atoms with van der Waals surface area (Å²) in [5.41, 5.74) is 3.88. The molecule has 1 atom stereocenters. The van der Waals surface area contributed by atoms with E-state index in [0.29, 0.717) is 11.8 Å². The summed E-state index contributed by atoms with van der Waals surface area (Å²) < 4.78 is 0. The molecule has 0 radical (unpaired) electrons. The molecule has 1 aliphatic rings. The summed E-state index contributed by atoms with van der Waals surface area (Å²) in [6.07, 6.45) is 2.09. The minimum absolute atomic E-state index is 0.523. The van der Waals surface area contributed by atoms with Crippen LogP contribution in [-0.2, 0) is 0 Å². The third-order valence-electron chi connectivity index (χ3n) is 2.71. The summed E-state index contributed by atoms with van der Waals surface area (Å²) >= 11 is 0. The van der Waals surface area contributed by atoms with Crippen molar-refractivity contribution >= 4 is 11.9 Å². The molecule has 1 unspecified atom stereocenters. The van der Waals surface area contributed by atoms with E-state index < -0.39 is 0 Å². The molecule has 0 saturated heterocycles. The standard InChI is InChI=1S/C12H15N/c1-8(2)11-7-13-12-9(3)5-4-6-10(11)12/h4-8,11H,1-3H3. The van der Waals surface area contributed by atoms with Gasteiger partial charge in [0.05, 0.1) is 5.69 Å². The lowest BCUT2D eigenvalue weighted by Crippen LogP contribution is -2.04. The van der Waals surface area contributed by atoms with Crippen molar-refractivity contribution in [3.63, 3.8) is 0 Å². The van der Waals surface area contributed by atoms with Crippen molar-refractivity contribution in [3.05, 3.63) is 29.3 Å². The fraction of sp³-hybridized carbons (Fsp3) is 0.417. The van der Waals surface area contributed by atoms with E-state index in [1.165, 1.54) is 16.8 Å². The Morgan fingerprint density at radius 3 is 2.77 bits per heavy atom. The Morgan fingerprint density at radius 1 is 1.31 bits per heavy atom. The first-order valence-corrected chi connectivity index (χ1v) is 4.84. The molecule has 0 amide bonds. The number of rotatable bonds is 1. The molecule has 1 nitrogen and oxygen atoms in total. The van der Waals surface area contributed by atoms with E-state index >= 15 is 0 Å². The molecule has 1 aromatic rings. The van der Waals surface area contributed by atoms with Gasteiger partial charge in [0, 0.05) is 12.1 Å². The van der Waals surface area contributed by atoms with Crippen molar-refractivity contribution in [2.45, 2.75) is 26.7 Å². The highest BCUT2D eigenvalue weighted by atomic mass is 14.8. The van der Waals surface area contributed by atoms with E-state index in [2.05, 4.69) is 50.2 Å². The molecule has 1 aromatic carbocycles. The number of aryl methyl sites for hydroxylation is 1. The van der Waals surface area contributed by atoms with E-state index in [4.69, 9.17) is 0 Å². The van der Waals surface area contributed by atoms with E-state index in [-0.39, 0.29) is 0 Å². The summed E-state index contributed by atoms with van der Waals surface area (Å²) in [5, 5.41) is 0. The van der Waals surface area contributed by atoms with Crippen LogP contribution in [0, 0.1) is 12.8 Å². The predicted molar refractivity (Wildman–Crippen MR) is 56.9 cm³/mol. The fourth-order valence-electron chi connectivity index (χ4n) is 1.89. The topological polar surface area (TPSA) is 12.4 Å². The molecule has 2 rings (SSSR count). The monoisotopic (exact) mass is 173 g/mol. The zero-order chi connectivity index (χ0) is 9.42. The number of nitrogens with zero attached hydrogens (tertiary/aromatic N) is 1. The SMILES string of the molecule is Cc1cccc2c1N=CC2C(C)C. The van der Waals surface area contributed by atoms with Gasteiger partial charge in [-0.25, -0.2) is 0 Å². The van der Waals surface area contributed by atoms with E-state index in [1.807, 2.05) is 0 Å². The second-order valence-electron chi connectivity index (χ2n) is 4.06. The largest absolute Gasteiger partial charge is 0.260 e. The predicted octanol–water partition coefficient (Wildman–Crippen LogP) is 3.45. The lowest BCUT2D eigenvalue weighted by atomic mass is 9.90. The number of para-hydroxylation sites is 1. The molecule has 0 spiro atoms. The van der Waals surface area contributed by atoms with Crippen LogP contribution in [0.3, 0.4) is 0 Å². The van der Waals surface area contributed by atoms with E-state index in [9.17, 15) is 0 Å². The van der Waals surface area contributed by atoms with Gasteiger partial charge >= 0.3 is 0 Å². The highest BCUT2D eigenvalue weighted by Gasteiger charge is 2.22. The molecule has 1 heterocycles. The third kappa shape index (κ3) is 1.28. The fourth-order valence-corrected chi connectivity index (χ4v) is 1.89. The molecule has 0 bridgehead atoms. The molecule has 1 aliphatic heterocycles. The molecule has 13 heavy (non-hydrogen) atoms. The minimum Gasteiger partial charge on any atom is -0.260 e. The summed E-state index contributed by atoms with van der Waals surface area (Å²) in [6.45, 7) is 6.61. The second-order valence-corrected chi connectivity index (χ2v) is 4.06. The number of hydrogen-bond donors (Lipinski definition) is 0. The molecule has 1 heteroatoms. The maximum absolute atomic E-state index is 4.48. The summed E-state index contributed by atoms with van der Waals surface area (Å²) in [6, 6.07) is 6.44. The Kier molecular flexibility index (Phi) is 1.95. The van der Waals surface area contributed by atoms with Crippen LogP contribution >= 0.6 is 0 Å². The third-order valence-corrected chi connectivity index (χ3v) is 2.71. The van der Waals surface area contributed by atoms with Crippen molar-refractivity contribution in [1.29, 1.82) is 0 Å². The normalized spacial score (nSPS) is 19.5. The Morgan fingerprint density at radius 2 is 2.08 bits per heavy atom. The van der Waals surface area contributed by atoms with Gasteiger partial charge in [-0.1, -0.05) is 32.0 Å². The average Bonchev–Trinajstić information content (AvgIpc) is 2.48. The van der Waals surface area contributed by atoms with Crippen LogP contribution in [0.15, 0.2) is 23.2 Å². The first-order valence-electron chi connectivity index (χ1n) is 4.84. The number of benzene rings is 1. The molecular weight excluding hydrogens is 158 g/mol. The van der Waals surface area contributed by atoms with Crippen LogP contribution in [0.1, 0.15) is 30.9 Å². The molecule has 0 N–H and O–H groups in total. The average molecular weight is 173 g/mol. The zero-order valence-electron chi connectivity index (χ0n) is 8.41. The highest BCUT2D eigenvalue weighted by Crippen LogP contribution is 2.38. The molecule has 0 saturated carbocycles. The van der Waals surface area contributed by atoms with E-state index in [0.717, 1.165) is 0 Å². The van der Waals surface area contributed by atoms with Crippen molar-refractivity contribution in [2.75, 3.05) is 0 Å². The van der Waals surface area contributed by atoms with E-state index in [1.54, 1.807) is 0 Å². The maximum Gasteiger partial charge on any atom is 0.0693 e. The van der Waals surface area contributed by atoms with Crippen LogP contribution in [0.25, 0.3) is 0 Å². The molecule has 0 aliphatic carbocycles. The lowest BCUT2D eigenvalue weighted by molar-refractivity contribution is 0.617. The van der Waals surface area contributed by atoms with Gasteiger partial charge < -0.3 is 0 Å². The number of aliphatic imine (C=N–C) groups is 1. The second kappa shape index (κ2) is 2.99. The molecule has 0 aromatic heterocycles.